The smallest absolute Gasteiger partial charge is 0.322 e. The van der Waals surface area contributed by atoms with Crippen LogP contribution in [0.4, 0.5) is 10.5 Å². The van der Waals surface area contributed by atoms with E-state index in [1.807, 2.05) is 70.2 Å². The number of hydrogen-bond acceptors (Lipinski definition) is 3. The third kappa shape index (κ3) is 4.43. The van der Waals surface area contributed by atoms with Crippen LogP contribution < -0.4 is 10.1 Å². The van der Waals surface area contributed by atoms with Crippen LogP contribution in [-0.2, 0) is 13.0 Å². The minimum atomic E-state index is -0.363. The SMILES string of the molecule is CCc1nn(-c2ccccc2)c2c1CN(C(=O)Nc1ccc(C)c(C)c1)C(c1cccc(OC)c1)c1cccn1-2. The van der Waals surface area contributed by atoms with Crippen molar-refractivity contribution in [3.8, 4) is 17.3 Å². The summed E-state index contributed by atoms with van der Waals surface area (Å²) in [5.74, 6) is 1.70. The second-order valence-electron chi connectivity index (χ2n) is 10.2. The highest BCUT2D eigenvalue weighted by Gasteiger charge is 2.36. The highest BCUT2D eigenvalue weighted by molar-refractivity contribution is 5.90. The highest BCUT2D eigenvalue weighted by atomic mass is 16.5. The molecule has 0 fully saturated rings. The number of aromatic nitrogens is 3. The number of rotatable bonds is 5. The summed E-state index contributed by atoms with van der Waals surface area (Å²) in [5.41, 5.74) is 8.01. The molecule has 0 radical (unpaired) electrons. The third-order valence-corrected chi connectivity index (χ3v) is 7.73. The highest BCUT2D eigenvalue weighted by Crippen LogP contribution is 2.39. The van der Waals surface area contributed by atoms with Gasteiger partial charge < -0.3 is 19.5 Å². The van der Waals surface area contributed by atoms with Gasteiger partial charge in [-0.05, 0) is 85.5 Å². The molecule has 3 aromatic carbocycles. The van der Waals surface area contributed by atoms with Crippen molar-refractivity contribution in [2.75, 3.05) is 12.4 Å². The van der Waals surface area contributed by atoms with Gasteiger partial charge in [0.2, 0.25) is 0 Å². The van der Waals surface area contributed by atoms with Gasteiger partial charge in [-0.1, -0.05) is 43.3 Å². The lowest BCUT2D eigenvalue weighted by molar-refractivity contribution is 0.194. The van der Waals surface area contributed by atoms with E-state index < -0.39 is 0 Å². The maximum Gasteiger partial charge on any atom is 0.322 e. The summed E-state index contributed by atoms with van der Waals surface area (Å²) in [6.45, 7) is 6.63. The Labute approximate surface area is 234 Å². The number of carbonyl (C=O) groups excluding carboxylic acids is 1. The Morgan fingerprint density at radius 1 is 0.975 bits per heavy atom. The Kier molecular flexibility index (Phi) is 6.64. The Morgan fingerprint density at radius 3 is 2.55 bits per heavy atom. The quantitative estimate of drug-likeness (QED) is 0.266. The zero-order valence-electron chi connectivity index (χ0n) is 23.3. The molecule has 5 aromatic rings. The summed E-state index contributed by atoms with van der Waals surface area (Å²) < 4.78 is 9.77. The lowest BCUT2D eigenvalue weighted by Crippen LogP contribution is -2.38. The molecule has 1 aliphatic rings. The van der Waals surface area contributed by atoms with Crippen LogP contribution in [0.1, 0.15) is 46.6 Å². The third-order valence-electron chi connectivity index (χ3n) is 7.73. The van der Waals surface area contributed by atoms with Gasteiger partial charge in [-0.3, -0.25) is 0 Å². The number of nitrogens with one attached hydrogen (secondary N) is 1. The molecule has 202 valence electrons. The molecule has 0 spiro atoms. The molecule has 3 heterocycles. The molecule has 2 amide bonds. The van der Waals surface area contributed by atoms with Crippen molar-refractivity contribution in [1.82, 2.24) is 19.2 Å². The van der Waals surface area contributed by atoms with E-state index in [1.54, 1.807) is 7.11 Å². The van der Waals surface area contributed by atoms with Crippen LogP contribution in [0.2, 0.25) is 0 Å². The topological polar surface area (TPSA) is 64.3 Å². The predicted molar refractivity (Wildman–Crippen MR) is 158 cm³/mol. The van der Waals surface area contributed by atoms with Crippen LogP contribution in [0.5, 0.6) is 5.75 Å². The van der Waals surface area contributed by atoms with Crippen LogP contribution in [0.25, 0.3) is 11.5 Å². The Hall–Kier alpha value is -4.78. The molecule has 6 rings (SSSR count). The standard InChI is InChI=1S/C33H33N5O2/c1-5-29-28-21-37(33(39)34-25-17-16-22(2)23(3)19-25)31(24-11-9-14-27(20-24)40-4)30-15-10-18-36(30)32(28)38(35-29)26-12-7-6-8-13-26/h6-20,31H,5,21H2,1-4H3,(H,34,39). The molecule has 7 nitrogen and oxygen atoms in total. The molecule has 0 aliphatic carbocycles. The monoisotopic (exact) mass is 531 g/mol. The van der Waals surface area contributed by atoms with Crippen molar-refractivity contribution < 1.29 is 9.53 Å². The summed E-state index contributed by atoms with van der Waals surface area (Å²) >= 11 is 0. The number of carbonyl (C=O) groups is 1. The summed E-state index contributed by atoms with van der Waals surface area (Å²) in [5, 5.41) is 8.23. The fraction of sp³-hybridized carbons (Fsp3) is 0.212. The fourth-order valence-electron chi connectivity index (χ4n) is 5.52. The zero-order chi connectivity index (χ0) is 27.8. The van der Waals surface area contributed by atoms with E-state index in [0.717, 1.165) is 57.4 Å². The van der Waals surface area contributed by atoms with Gasteiger partial charge in [-0.2, -0.15) is 5.10 Å². The van der Waals surface area contributed by atoms with E-state index in [2.05, 4.69) is 61.1 Å². The lowest BCUT2D eigenvalue weighted by atomic mass is 10.0. The number of hydrogen-bond donors (Lipinski definition) is 1. The maximum atomic E-state index is 14.2. The number of nitrogens with zero attached hydrogens (tertiary/aromatic N) is 4. The average Bonchev–Trinajstić information content (AvgIpc) is 3.56. The fourth-order valence-corrected chi connectivity index (χ4v) is 5.52. The van der Waals surface area contributed by atoms with Gasteiger partial charge >= 0.3 is 6.03 Å². The van der Waals surface area contributed by atoms with Gasteiger partial charge in [-0.25, -0.2) is 9.48 Å². The van der Waals surface area contributed by atoms with E-state index in [4.69, 9.17) is 9.84 Å². The first-order chi connectivity index (χ1) is 19.5. The largest absolute Gasteiger partial charge is 0.497 e. The number of fused-ring (bicyclic) bond motifs is 3. The number of anilines is 1. The molecule has 7 heteroatoms. The minimum absolute atomic E-state index is 0.175. The molecule has 1 aliphatic heterocycles. The summed E-state index contributed by atoms with van der Waals surface area (Å²) in [7, 11) is 1.66. The first kappa shape index (κ1) is 25.5. The van der Waals surface area contributed by atoms with E-state index in [9.17, 15) is 4.79 Å². The van der Waals surface area contributed by atoms with Gasteiger partial charge in [0.25, 0.3) is 0 Å². The van der Waals surface area contributed by atoms with Gasteiger partial charge in [0.05, 0.1) is 36.8 Å². The van der Waals surface area contributed by atoms with Gasteiger partial charge in [0.15, 0.2) is 0 Å². The molecular weight excluding hydrogens is 498 g/mol. The molecule has 2 aromatic heterocycles. The van der Waals surface area contributed by atoms with Crippen LogP contribution in [-0.4, -0.2) is 32.4 Å². The number of benzene rings is 3. The van der Waals surface area contributed by atoms with Crippen LogP contribution in [0.3, 0.4) is 0 Å². The van der Waals surface area contributed by atoms with E-state index in [-0.39, 0.29) is 12.1 Å². The van der Waals surface area contributed by atoms with Crippen molar-refractivity contribution in [2.45, 2.75) is 39.8 Å². The van der Waals surface area contributed by atoms with Crippen LogP contribution in [0.15, 0.2) is 91.1 Å². The van der Waals surface area contributed by atoms with Crippen molar-refractivity contribution in [2.24, 2.45) is 0 Å². The second-order valence-corrected chi connectivity index (χ2v) is 10.2. The Bertz CT molecular complexity index is 1680. The van der Waals surface area contributed by atoms with Crippen molar-refractivity contribution in [3.05, 3.63) is 125 Å². The lowest BCUT2D eigenvalue weighted by Gasteiger charge is -2.31. The number of urea groups is 1. The second kappa shape index (κ2) is 10.4. The molecular formula is C33H33N5O2. The maximum absolute atomic E-state index is 14.2. The number of ether oxygens (including phenoxy) is 1. The molecule has 1 atom stereocenters. The van der Waals surface area contributed by atoms with E-state index >= 15 is 0 Å². The van der Waals surface area contributed by atoms with Gasteiger partial charge in [0, 0.05) is 17.4 Å². The zero-order valence-corrected chi connectivity index (χ0v) is 23.3. The molecule has 1 unspecified atom stereocenters. The first-order valence-electron chi connectivity index (χ1n) is 13.6. The number of amides is 2. The minimum Gasteiger partial charge on any atom is -0.497 e. The molecule has 0 saturated carbocycles. The molecule has 1 N–H and O–H groups in total. The number of aryl methyl sites for hydroxylation is 3. The summed E-state index contributed by atoms with van der Waals surface area (Å²) in [4.78, 5) is 16.1. The number of para-hydroxylation sites is 1. The van der Waals surface area contributed by atoms with Gasteiger partial charge in [-0.15, -0.1) is 0 Å². The number of methoxy groups -OCH3 is 1. The van der Waals surface area contributed by atoms with Crippen molar-refractivity contribution >= 4 is 11.7 Å². The van der Waals surface area contributed by atoms with Crippen molar-refractivity contribution in [3.63, 3.8) is 0 Å². The summed E-state index contributed by atoms with van der Waals surface area (Å²) in [6.07, 6.45) is 2.81. The van der Waals surface area contributed by atoms with E-state index in [0.29, 0.717) is 6.54 Å². The molecule has 0 saturated heterocycles. The van der Waals surface area contributed by atoms with Gasteiger partial charge in [0.1, 0.15) is 11.6 Å². The molecule has 0 bridgehead atoms. The first-order valence-corrected chi connectivity index (χ1v) is 13.6. The van der Waals surface area contributed by atoms with E-state index in [1.165, 1.54) is 5.56 Å². The normalized spacial score (nSPS) is 14.3. The Balaban J connectivity index is 1.55. The average molecular weight is 532 g/mol. The van der Waals surface area contributed by atoms with Crippen molar-refractivity contribution in [1.29, 1.82) is 0 Å². The Morgan fingerprint density at radius 2 is 1.80 bits per heavy atom. The van der Waals surface area contributed by atoms with Crippen LogP contribution >= 0.6 is 0 Å². The summed E-state index contributed by atoms with van der Waals surface area (Å²) in [6, 6.07) is 27.7. The predicted octanol–water partition coefficient (Wildman–Crippen LogP) is 6.99. The molecule has 40 heavy (non-hydrogen) atoms. The van der Waals surface area contributed by atoms with Crippen LogP contribution in [0, 0.1) is 13.8 Å².